The Bertz CT molecular complexity index is 1000. The molecule has 30 heavy (non-hydrogen) atoms. The van der Waals surface area contributed by atoms with Crippen molar-refractivity contribution in [1.29, 1.82) is 0 Å². The van der Waals surface area contributed by atoms with Gasteiger partial charge in [0.2, 0.25) is 15.9 Å². The summed E-state index contributed by atoms with van der Waals surface area (Å²) in [6, 6.07) is 8.13. The third kappa shape index (κ3) is 4.82. The minimum atomic E-state index is -3.70. The molecule has 1 aromatic heterocycles. The zero-order valence-corrected chi connectivity index (χ0v) is 18.8. The van der Waals surface area contributed by atoms with E-state index in [4.69, 9.17) is 4.52 Å². The highest BCUT2D eigenvalue weighted by atomic mass is 32.2. The SMILES string of the molecule is Cc1noc(C)c1S(=O)(=O)N1CCCN(C(=O)/C=C/c2ccc(C(C)C)cc2)CC1. The molecule has 0 aliphatic carbocycles. The summed E-state index contributed by atoms with van der Waals surface area (Å²) < 4.78 is 32.5. The Balaban J connectivity index is 1.65. The fourth-order valence-electron chi connectivity index (χ4n) is 3.59. The number of sulfonamides is 1. The first-order valence-corrected chi connectivity index (χ1v) is 11.6. The Hall–Kier alpha value is -2.45. The van der Waals surface area contributed by atoms with Crippen molar-refractivity contribution >= 4 is 22.0 Å². The van der Waals surface area contributed by atoms with E-state index in [0.717, 1.165) is 5.56 Å². The number of hydrogen-bond acceptors (Lipinski definition) is 5. The molecule has 1 saturated heterocycles. The minimum Gasteiger partial charge on any atom is -0.360 e. The number of benzene rings is 1. The molecule has 0 bridgehead atoms. The molecule has 8 heteroatoms. The second-order valence-electron chi connectivity index (χ2n) is 7.89. The van der Waals surface area contributed by atoms with Crippen molar-refractivity contribution < 1.29 is 17.7 Å². The average Bonchev–Trinajstić information content (AvgIpc) is 2.91. The van der Waals surface area contributed by atoms with Crippen LogP contribution in [0, 0.1) is 13.8 Å². The summed E-state index contributed by atoms with van der Waals surface area (Å²) in [5, 5.41) is 3.76. The molecule has 1 fully saturated rings. The molecule has 0 unspecified atom stereocenters. The van der Waals surface area contributed by atoms with Gasteiger partial charge in [-0.1, -0.05) is 43.3 Å². The van der Waals surface area contributed by atoms with E-state index < -0.39 is 10.0 Å². The van der Waals surface area contributed by atoms with Crippen molar-refractivity contribution in [2.75, 3.05) is 26.2 Å². The monoisotopic (exact) mass is 431 g/mol. The maximum absolute atomic E-state index is 13.0. The van der Waals surface area contributed by atoms with Gasteiger partial charge in [-0.15, -0.1) is 0 Å². The summed E-state index contributed by atoms with van der Waals surface area (Å²) in [6.45, 7) is 8.97. The third-order valence-electron chi connectivity index (χ3n) is 5.35. The lowest BCUT2D eigenvalue weighted by Gasteiger charge is -2.21. The summed E-state index contributed by atoms with van der Waals surface area (Å²) in [4.78, 5) is 14.5. The number of rotatable bonds is 5. The Morgan fingerprint density at radius 3 is 2.40 bits per heavy atom. The van der Waals surface area contributed by atoms with Gasteiger partial charge in [0.05, 0.1) is 0 Å². The summed E-state index contributed by atoms with van der Waals surface area (Å²) in [7, 11) is -3.70. The van der Waals surface area contributed by atoms with Gasteiger partial charge in [0, 0.05) is 32.3 Å². The van der Waals surface area contributed by atoms with Crippen LogP contribution in [0.4, 0.5) is 0 Å². The average molecular weight is 432 g/mol. The summed E-state index contributed by atoms with van der Waals surface area (Å²) in [5.41, 5.74) is 2.58. The fraction of sp³-hybridized carbons (Fsp3) is 0.455. The number of aromatic nitrogens is 1. The maximum atomic E-state index is 13.0. The second-order valence-corrected chi connectivity index (χ2v) is 9.77. The summed E-state index contributed by atoms with van der Waals surface area (Å²) in [5.74, 6) is 0.641. The molecule has 0 saturated carbocycles. The zero-order chi connectivity index (χ0) is 21.9. The highest BCUT2D eigenvalue weighted by Gasteiger charge is 2.32. The first kappa shape index (κ1) is 22.2. The first-order valence-electron chi connectivity index (χ1n) is 10.2. The first-order chi connectivity index (χ1) is 14.2. The van der Waals surface area contributed by atoms with E-state index in [9.17, 15) is 13.2 Å². The van der Waals surface area contributed by atoms with E-state index >= 15 is 0 Å². The number of carbonyl (C=O) groups excluding carboxylic acids is 1. The third-order valence-corrected chi connectivity index (χ3v) is 7.50. The number of hydrogen-bond donors (Lipinski definition) is 0. The van der Waals surface area contributed by atoms with Gasteiger partial charge in [-0.25, -0.2) is 8.42 Å². The van der Waals surface area contributed by atoms with E-state index in [1.54, 1.807) is 30.9 Å². The predicted molar refractivity (Wildman–Crippen MR) is 115 cm³/mol. The Morgan fingerprint density at radius 2 is 1.80 bits per heavy atom. The van der Waals surface area contributed by atoms with Crippen molar-refractivity contribution in [1.82, 2.24) is 14.4 Å². The molecule has 0 N–H and O–H groups in total. The molecule has 0 spiro atoms. The van der Waals surface area contributed by atoms with E-state index in [1.165, 1.54) is 9.87 Å². The standard InChI is InChI=1S/C22H29N3O4S/c1-16(2)20-9-6-19(7-10-20)8-11-21(26)24-12-5-13-25(15-14-24)30(27,28)22-17(3)23-29-18(22)4/h6-11,16H,5,12-15H2,1-4H3/b11-8+. The van der Waals surface area contributed by atoms with Crippen LogP contribution >= 0.6 is 0 Å². The maximum Gasteiger partial charge on any atom is 0.248 e. The minimum absolute atomic E-state index is 0.112. The van der Waals surface area contributed by atoms with Crippen LogP contribution in [0.1, 0.15) is 48.8 Å². The van der Waals surface area contributed by atoms with Gasteiger partial charge >= 0.3 is 0 Å². The van der Waals surface area contributed by atoms with Gasteiger partial charge < -0.3 is 9.42 Å². The summed E-state index contributed by atoms with van der Waals surface area (Å²) in [6.07, 6.45) is 3.93. The number of aryl methyl sites for hydroxylation is 2. The molecule has 1 aromatic carbocycles. The van der Waals surface area contributed by atoms with Crippen LogP contribution in [-0.2, 0) is 14.8 Å². The van der Waals surface area contributed by atoms with Gasteiger partial charge in [0.1, 0.15) is 10.6 Å². The normalized spacial score (nSPS) is 16.4. The van der Waals surface area contributed by atoms with E-state index in [1.807, 2.05) is 12.1 Å². The topological polar surface area (TPSA) is 83.7 Å². The summed E-state index contributed by atoms with van der Waals surface area (Å²) >= 11 is 0. The Kier molecular flexibility index (Phi) is 6.77. The smallest absolute Gasteiger partial charge is 0.248 e. The molecule has 1 amide bonds. The number of carbonyl (C=O) groups is 1. The van der Waals surface area contributed by atoms with Crippen molar-refractivity contribution in [3.63, 3.8) is 0 Å². The molecule has 1 aliphatic rings. The van der Waals surface area contributed by atoms with Crippen LogP contribution in [0.2, 0.25) is 0 Å². The molecular formula is C22H29N3O4S. The second kappa shape index (κ2) is 9.14. The molecule has 0 atom stereocenters. The van der Waals surface area contributed by atoms with E-state index in [2.05, 4.69) is 31.1 Å². The van der Waals surface area contributed by atoms with Crippen molar-refractivity contribution in [2.24, 2.45) is 0 Å². The quantitative estimate of drug-likeness (QED) is 0.678. The Labute approximate surface area is 178 Å². The predicted octanol–water partition coefficient (Wildman–Crippen LogP) is 3.35. The van der Waals surface area contributed by atoms with E-state index in [-0.39, 0.29) is 23.1 Å². The van der Waals surface area contributed by atoms with E-state index in [0.29, 0.717) is 37.7 Å². The molecule has 3 rings (SSSR count). The molecule has 2 aromatic rings. The van der Waals surface area contributed by atoms with Gasteiger partial charge in [0.15, 0.2) is 5.76 Å². The van der Waals surface area contributed by atoms with Crippen LogP contribution < -0.4 is 0 Å². The molecule has 1 aliphatic heterocycles. The van der Waals surface area contributed by atoms with Crippen LogP contribution in [0.3, 0.4) is 0 Å². The number of amides is 1. The van der Waals surface area contributed by atoms with Crippen molar-refractivity contribution in [3.8, 4) is 0 Å². The van der Waals surface area contributed by atoms with Crippen LogP contribution in [0.15, 0.2) is 39.8 Å². The van der Waals surface area contributed by atoms with Crippen LogP contribution in [0.5, 0.6) is 0 Å². The molecule has 7 nitrogen and oxygen atoms in total. The lowest BCUT2D eigenvalue weighted by atomic mass is 10.0. The lowest BCUT2D eigenvalue weighted by Crippen LogP contribution is -2.37. The Morgan fingerprint density at radius 1 is 1.10 bits per heavy atom. The van der Waals surface area contributed by atoms with Gasteiger partial charge in [-0.3, -0.25) is 4.79 Å². The van der Waals surface area contributed by atoms with Crippen molar-refractivity contribution in [3.05, 3.63) is 52.9 Å². The molecule has 2 heterocycles. The molecule has 0 radical (unpaired) electrons. The fourth-order valence-corrected chi connectivity index (χ4v) is 5.35. The van der Waals surface area contributed by atoms with Crippen molar-refractivity contribution in [2.45, 2.75) is 44.9 Å². The zero-order valence-electron chi connectivity index (χ0n) is 18.0. The largest absolute Gasteiger partial charge is 0.360 e. The molecular weight excluding hydrogens is 402 g/mol. The van der Waals surface area contributed by atoms with Gasteiger partial charge in [-0.2, -0.15) is 4.31 Å². The highest BCUT2D eigenvalue weighted by molar-refractivity contribution is 7.89. The highest BCUT2D eigenvalue weighted by Crippen LogP contribution is 2.24. The van der Waals surface area contributed by atoms with Gasteiger partial charge in [-0.05, 0) is 43.4 Å². The van der Waals surface area contributed by atoms with Crippen LogP contribution in [0.25, 0.3) is 6.08 Å². The van der Waals surface area contributed by atoms with Crippen LogP contribution in [-0.4, -0.2) is 54.9 Å². The van der Waals surface area contributed by atoms with Gasteiger partial charge in [0.25, 0.3) is 0 Å². The number of nitrogens with zero attached hydrogens (tertiary/aromatic N) is 3. The lowest BCUT2D eigenvalue weighted by molar-refractivity contribution is -0.125. The molecule has 162 valence electrons.